The molecule has 0 saturated carbocycles. The summed E-state index contributed by atoms with van der Waals surface area (Å²) in [6.45, 7) is 1.85. The van der Waals surface area contributed by atoms with Crippen molar-refractivity contribution in [3.05, 3.63) is 44.8 Å². The quantitative estimate of drug-likeness (QED) is 0.468. The first kappa shape index (κ1) is 11.7. The number of aryl methyl sites for hydroxylation is 1. The summed E-state index contributed by atoms with van der Waals surface area (Å²) in [4.78, 5) is 14.1. The molecular weight excluding hydrogens is 247 g/mol. The molecule has 0 amide bonds. The molecule has 17 heavy (non-hydrogen) atoms. The van der Waals surface area contributed by atoms with Crippen LogP contribution in [0, 0.1) is 15.9 Å². The van der Waals surface area contributed by atoms with Crippen LogP contribution in [-0.2, 0) is 6.42 Å². The standard InChI is InChI=1S/C11H8ClFN2O2/c1-2-6-5-7-9(15(16)17)4-3-8(13)10(7)14-11(6)12/h3-5H,2H2,1H3. The highest BCUT2D eigenvalue weighted by atomic mass is 35.5. The second kappa shape index (κ2) is 4.25. The van der Waals surface area contributed by atoms with Crippen molar-refractivity contribution >= 4 is 28.2 Å². The number of rotatable bonds is 2. The third kappa shape index (κ3) is 1.93. The number of hydrogen-bond donors (Lipinski definition) is 0. The highest BCUT2D eigenvalue weighted by Gasteiger charge is 2.17. The molecule has 0 N–H and O–H groups in total. The van der Waals surface area contributed by atoms with Gasteiger partial charge in [-0.25, -0.2) is 9.37 Å². The molecule has 0 spiro atoms. The van der Waals surface area contributed by atoms with E-state index in [1.807, 2.05) is 6.92 Å². The van der Waals surface area contributed by atoms with Crippen LogP contribution >= 0.6 is 11.6 Å². The first-order valence-corrected chi connectivity index (χ1v) is 5.34. The Morgan fingerprint density at radius 1 is 1.53 bits per heavy atom. The SMILES string of the molecule is CCc1cc2c([N+](=O)[O-])ccc(F)c2nc1Cl. The molecule has 0 fully saturated rings. The predicted molar refractivity (Wildman–Crippen MR) is 62.7 cm³/mol. The van der Waals surface area contributed by atoms with Crippen molar-refractivity contribution in [2.24, 2.45) is 0 Å². The molecule has 0 aliphatic heterocycles. The third-order valence-electron chi connectivity index (χ3n) is 2.52. The van der Waals surface area contributed by atoms with E-state index in [9.17, 15) is 14.5 Å². The number of nitrogens with zero attached hydrogens (tertiary/aromatic N) is 2. The normalized spacial score (nSPS) is 10.8. The minimum atomic E-state index is -0.616. The van der Waals surface area contributed by atoms with Crippen LogP contribution in [0.5, 0.6) is 0 Å². The number of benzene rings is 1. The second-order valence-corrected chi connectivity index (χ2v) is 3.87. The van der Waals surface area contributed by atoms with Crippen molar-refractivity contribution in [2.75, 3.05) is 0 Å². The molecule has 6 heteroatoms. The molecule has 0 saturated heterocycles. The number of nitro groups is 1. The van der Waals surface area contributed by atoms with Crippen molar-refractivity contribution in [3.63, 3.8) is 0 Å². The van der Waals surface area contributed by atoms with Gasteiger partial charge in [0.15, 0.2) is 0 Å². The molecule has 4 nitrogen and oxygen atoms in total. The molecule has 2 aromatic rings. The van der Waals surface area contributed by atoms with Crippen LogP contribution in [0.25, 0.3) is 10.9 Å². The van der Waals surface area contributed by atoms with E-state index in [4.69, 9.17) is 11.6 Å². The van der Waals surface area contributed by atoms with Crippen LogP contribution in [-0.4, -0.2) is 9.91 Å². The van der Waals surface area contributed by atoms with Crippen molar-refractivity contribution in [2.45, 2.75) is 13.3 Å². The van der Waals surface area contributed by atoms with Gasteiger partial charge in [0, 0.05) is 6.07 Å². The summed E-state index contributed by atoms with van der Waals surface area (Å²) in [5.41, 5.74) is 0.425. The molecule has 1 aromatic carbocycles. The second-order valence-electron chi connectivity index (χ2n) is 3.51. The molecule has 0 radical (unpaired) electrons. The van der Waals surface area contributed by atoms with Crippen molar-refractivity contribution < 1.29 is 9.31 Å². The number of halogens is 2. The van der Waals surface area contributed by atoms with Gasteiger partial charge in [-0.15, -0.1) is 0 Å². The first-order valence-electron chi connectivity index (χ1n) is 4.96. The summed E-state index contributed by atoms with van der Waals surface area (Å²) in [6.07, 6.45) is 0.579. The van der Waals surface area contributed by atoms with E-state index in [0.29, 0.717) is 12.0 Å². The maximum absolute atomic E-state index is 13.5. The van der Waals surface area contributed by atoms with Crippen molar-refractivity contribution in [1.29, 1.82) is 0 Å². The molecular formula is C11H8ClFN2O2. The maximum atomic E-state index is 13.5. The van der Waals surface area contributed by atoms with E-state index in [2.05, 4.69) is 4.98 Å². The smallest absolute Gasteiger partial charge is 0.258 e. The Labute approximate surface area is 101 Å². The van der Waals surface area contributed by atoms with E-state index in [1.54, 1.807) is 0 Å². The third-order valence-corrected chi connectivity index (χ3v) is 2.84. The van der Waals surface area contributed by atoms with Crippen LogP contribution in [0.2, 0.25) is 5.15 Å². The summed E-state index contributed by atoms with van der Waals surface area (Å²) in [5.74, 6) is -0.616. The Hall–Kier alpha value is -1.75. The number of pyridine rings is 1. The van der Waals surface area contributed by atoms with E-state index < -0.39 is 10.7 Å². The summed E-state index contributed by atoms with van der Waals surface area (Å²) in [7, 11) is 0. The topological polar surface area (TPSA) is 56.0 Å². The van der Waals surface area contributed by atoms with Gasteiger partial charge in [-0.1, -0.05) is 18.5 Å². The average molecular weight is 255 g/mol. The summed E-state index contributed by atoms with van der Waals surface area (Å²) >= 11 is 5.86. The highest BCUT2D eigenvalue weighted by molar-refractivity contribution is 6.30. The highest BCUT2D eigenvalue weighted by Crippen LogP contribution is 2.29. The fourth-order valence-electron chi connectivity index (χ4n) is 1.64. The van der Waals surface area contributed by atoms with E-state index >= 15 is 0 Å². The molecule has 0 aliphatic rings. The fraction of sp³-hybridized carbons (Fsp3) is 0.182. The van der Waals surface area contributed by atoms with Gasteiger partial charge in [0.1, 0.15) is 16.5 Å². The number of aromatic nitrogens is 1. The van der Waals surface area contributed by atoms with Gasteiger partial charge in [-0.05, 0) is 24.1 Å². The Bertz CT molecular complexity index is 616. The van der Waals surface area contributed by atoms with Gasteiger partial charge in [-0.3, -0.25) is 10.1 Å². The molecule has 0 unspecified atom stereocenters. The Balaban J connectivity index is 2.88. The van der Waals surface area contributed by atoms with Gasteiger partial charge < -0.3 is 0 Å². The van der Waals surface area contributed by atoms with Gasteiger partial charge in [0.2, 0.25) is 0 Å². The molecule has 0 aliphatic carbocycles. The van der Waals surface area contributed by atoms with Crippen LogP contribution in [0.4, 0.5) is 10.1 Å². The van der Waals surface area contributed by atoms with Gasteiger partial charge >= 0.3 is 0 Å². The Morgan fingerprint density at radius 3 is 2.82 bits per heavy atom. The molecule has 0 atom stereocenters. The number of non-ortho nitro benzene ring substituents is 1. The summed E-state index contributed by atoms with van der Waals surface area (Å²) in [5, 5.41) is 11.2. The lowest BCUT2D eigenvalue weighted by molar-refractivity contribution is -0.383. The lowest BCUT2D eigenvalue weighted by Gasteiger charge is -2.05. The van der Waals surface area contributed by atoms with Crippen LogP contribution in [0.1, 0.15) is 12.5 Å². The molecule has 1 aromatic heterocycles. The van der Waals surface area contributed by atoms with E-state index in [1.165, 1.54) is 6.07 Å². The first-order chi connectivity index (χ1) is 8.04. The summed E-state index contributed by atoms with van der Waals surface area (Å²) < 4.78 is 13.5. The molecule has 1 heterocycles. The lowest BCUT2D eigenvalue weighted by atomic mass is 10.1. The monoisotopic (exact) mass is 254 g/mol. The zero-order valence-corrected chi connectivity index (χ0v) is 9.66. The van der Waals surface area contributed by atoms with Crippen LogP contribution in [0.15, 0.2) is 18.2 Å². The Morgan fingerprint density at radius 2 is 2.24 bits per heavy atom. The van der Waals surface area contributed by atoms with Crippen LogP contribution < -0.4 is 0 Å². The number of hydrogen-bond acceptors (Lipinski definition) is 3. The van der Waals surface area contributed by atoms with Gasteiger partial charge in [-0.2, -0.15) is 0 Å². The zero-order valence-electron chi connectivity index (χ0n) is 8.91. The number of fused-ring (bicyclic) bond motifs is 1. The minimum absolute atomic E-state index is 0.0681. The zero-order chi connectivity index (χ0) is 12.6. The fourth-order valence-corrected chi connectivity index (χ4v) is 1.91. The largest absolute Gasteiger partial charge is 0.278 e. The van der Waals surface area contributed by atoms with E-state index in [0.717, 1.165) is 12.1 Å². The van der Waals surface area contributed by atoms with Crippen molar-refractivity contribution in [1.82, 2.24) is 4.98 Å². The van der Waals surface area contributed by atoms with E-state index in [-0.39, 0.29) is 21.7 Å². The Kier molecular flexibility index (Phi) is 2.93. The van der Waals surface area contributed by atoms with Gasteiger partial charge in [0.25, 0.3) is 5.69 Å². The maximum Gasteiger partial charge on any atom is 0.278 e. The van der Waals surface area contributed by atoms with Gasteiger partial charge in [0.05, 0.1) is 10.3 Å². The molecule has 88 valence electrons. The number of nitro benzene ring substituents is 1. The predicted octanol–water partition coefficient (Wildman–Crippen LogP) is 3.50. The average Bonchev–Trinajstić information content (AvgIpc) is 2.29. The minimum Gasteiger partial charge on any atom is -0.258 e. The molecule has 0 bridgehead atoms. The molecule has 2 rings (SSSR count). The summed E-state index contributed by atoms with van der Waals surface area (Å²) in [6, 6.07) is 3.67. The lowest BCUT2D eigenvalue weighted by Crippen LogP contribution is -1.96. The van der Waals surface area contributed by atoms with Crippen LogP contribution in [0.3, 0.4) is 0 Å². The van der Waals surface area contributed by atoms with Crippen molar-refractivity contribution in [3.8, 4) is 0 Å².